The average Bonchev–Trinajstić information content (AvgIpc) is 1.54. The molecule has 0 atom stereocenters. The van der Waals surface area contributed by atoms with Crippen LogP contribution in [0.3, 0.4) is 0 Å². The van der Waals surface area contributed by atoms with Crippen molar-refractivity contribution in [3.63, 3.8) is 0 Å². The standard InChI is InChI=1S/3NO3.Na.Ni/c3*2-1(3)4;;/q3*-1;+1;+2. The Kier molecular flexibility index (Phi) is 47.4. The number of hydrogen-bond acceptors (Lipinski definition) is 9. The quantitative estimate of drug-likeness (QED) is 0.240. The zero-order valence-corrected chi connectivity index (χ0v) is 9.32. The van der Waals surface area contributed by atoms with Gasteiger partial charge >= 0.3 is 46.0 Å². The van der Waals surface area contributed by atoms with Crippen LogP contribution in [0.5, 0.6) is 0 Å². The molecule has 0 amide bonds. The van der Waals surface area contributed by atoms with Crippen molar-refractivity contribution in [2.75, 3.05) is 0 Å². The summed E-state index contributed by atoms with van der Waals surface area (Å²) in [7, 11) is 0. The van der Waals surface area contributed by atoms with E-state index >= 15 is 0 Å². The first-order valence-electron chi connectivity index (χ1n) is 1.64. The van der Waals surface area contributed by atoms with E-state index in [2.05, 4.69) is 0 Å². The van der Waals surface area contributed by atoms with Gasteiger partial charge in [0.15, 0.2) is 0 Å². The van der Waals surface area contributed by atoms with E-state index in [0.717, 1.165) is 0 Å². The predicted molar refractivity (Wildman–Crippen MR) is 31.1 cm³/mol. The van der Waals surface area contributed by atoms with Crippen LogP contribution < -0.4 is 29.6 Å². The molecule has 0 aromatic carbocycles. The molecule has 12 nitrogen and oxygen atoms in total. The molecule has 0 aliphatic carbocycles. The van der Waals surface area contributed by atoms with Gasteiger partial charge in [-0.2, -0.15) is 0 Å². The minimum Gasteiger partial charge on any atom is -0.356 e. The van der Waals surface area contributed by atoms with Crippen molar-refractivity contribution in [3.8, 4) is 0 Å². The maximum Gasteiger partial charge on any atom is 2.00 e. The molecular weight excluding hydrogens is 268 g/mol. The van der Waals surface area contributed by atoms with E-state index in [4.69, 9.17) is 46.0 Å². The van der Waals surface area contributed by atoms with Crippen molar-refractivity contribution >= 4 is 0 Å². The number of nitrogens with zero attached hydrogens (tertiary/aromatic N) is 3. The van der Waals surface area contributed by atoms with E-state index < -0.39 is 15.3 Å². The summed E-state index contributed by atoms with van der Waals surface area (Å²) < 4.78 is 0. The van der Waals surface area contributed by atoms with Crippen molar-refractivity contribution in [2.24, 2.45) is 0 Å². The van der Waals surface area contributed by atoms with Crippen molar-refractivity contribution in [1.82, 2.24) is 0 Å². The minimum absolute atomic E-state index is 0. The van der Waals surface area contributed by atoms with Gasteiger partial charge in [-0.1, -0.05) is 0 Å². The van der Waals surface area contributed by atoms with Crippen molar-refractivity contribution in [1.29, 1.82) is 0 Å². The normalized spacial score (nSPS) is 5.14. The Labute approximate surface area is 107 Å². The molecule has 0 aliphatic rings. The van der Waals surface area contributed by atoms with Gasteiger partial charge in [0.1, 0.15) is 0 Å². The smallest absolute Gasteiger partial charge is 0.356 e. The summed E-state index contributed by atoms with van der Waals surface area (Å²) in [5.74, 6) is 0. The minimum atomic E-state index is -1.75. The van der Waals surface area contributed by atoms with Crippen LogP contribution in [0, 0.1) is 46.0 Å². The Morgan fingerprint density at radius 2 is 0.571 bits per heavy atom. The third kappa shape index (κ3) is 1380. The van der Waals surface area contributed by atoms with Crippen LogP contribution in [-0.2, 0) is 16.5 Å². The van der Waals surface area contributed by atoms with E-state index in [0.29, 0.717) is 0 Å². The number of hydrogen-bond donors (Lipinski definition) is 0. The van der Waals surface area contributed by atoms with E-state index in [1.165, 1.54) is 0 Å². The number of rotatable bonds is 0. The molecule has 0 unspecified atom stereocenters. The predicted octanol–water partition coefficient (Wildman–Crippen LogP) is -3.72. The summed E-state index contributed by atoms with van der Waals surface area (Å²) >= 11 is 0. The van der Waals surface area contributed by atoms with Gasteiger partial charge < -0.3 is 46.0 Å². The van der Waals surface area contributed by atoms with Gasteiger partial charge in [-0.25, -0.2) is 0 Å². The van der Waals surface area contributed by atoms with Crippen molar-refractivity contribution < 1.29 is 61.3 Å². The third-order valence-corrected chi connectivity index (χ3v) is 0. The molecule has 0 saturated carbocycles. The zero-order valence-electron chi connectivity index (χ0n) is 6.33. The Bertz CT molecular complexity index is 118. The maximum absolute atomic E-state index is 8.25. The van der Waals surface area contributed by atoms with Crippen LogP contribution >= 0.6 is 0 Å². The molecule has 0 aliphatic heterocycles. The van der Waals surface area contributed by atoms with E-state index in [-0.39, 0.29) is 46.0 Å². The molecule has 0 aromatic rings. The average molecular weight is 268 g/mol. The maximum atomic E-state index is 8.25. The zero-order chi connectivity index (χ0) is 10.7. The molecule has 0 aromatic heterocycles. The van der Waals surface area contributed by atoms with Gasteiger partial charge in [0.05, 0.1) is 15.3 Å². The first-order valence-corrected chi connectivity index (χ1v) is 1.64. The second kappa shape index (κ2) is 22.7. The van der Waals surface area contributed by atoms with Crippen LogP contribution in [-0.4, -0.2) is 15.3 Å². The fraction of sp³-hybridized carbons (Fsp3) is 0. The molecule has 0 heterocycles. The van der Waals surface area contributed by atoms with Gasteiger partial charge in [-0.3, -0.25) is 0 Å². The Hall–Kier alpha value is -0.906. The molecule has 0 fully saturated rings. The van der Waals surface area contributed by atoms with Crippen LogP contribution in [0.25, 0.3) is 0 Å². The molecule has 0 bridgehead atoms. The van der Waals surface area contributed by atoms with Gasteiger partial charge in [-0.05, 0) is 0 Å². The fourth-order valence-corrected chi connectivity index (χ4v) is 0. The first kappa shape index (κ1) is 29.2. The van der Waals surface area contributed by atoms with Crippen molar-refractivity contribution in [3.05, 3.63) is 46.0 Å². The summed E-state index contributed by atoms with van der Waals surface area (Å²) in [6.07, 6.45) is 0. The van der Waals surface area contributed by atoms with E-state index in [1.54, 1.807) is 0 Å². The molecule has 0 radical (unpaired) electrons. The molecule has 0 N–H and O–H groups in total. The fourth-order valence-electron chi connectivity index (χ4n) is 0. The summed E-state index contributed by atoms with van der Waals surface area (Å²) in [5.41, 5.74) is 0. The van der Waals surface area contributed by atoms with Gasteiger partial charge in [0.25, 0.3) is 0 Å². The molecule has 0 spiro atoms. The second-order valence-corrected chi connectivity index (χ2v) is 0.671. The van der Waals surface area contributed by atoms with E-state index in [1.807, 2.05) is 0 Å². The Morgan fingerprint density at radius 3 is 0.571 bits per heavy atom. The van der Waals surface area contributed by atoms with E-state index in [9.17, 15) is 0 Å². The SMILES string of the molecule is O=[N+]([O-])[O-].O=[N+]([O-])[O-].O=[N+]([O-])[O-].[Na+].[Ni+2]. The molecule has 80 valence electrons. The van der Waals surface area contributed by atoms with Crippen LogP contribution in [0.1, 0.15) is 0 Å². The van der Waals surface area contributed by atoms with Crippen LogP contribution in [0.4, 0.5) is 0 Å². The Balaban J connectivity index is -0.0000000270. The largest absolute Gasteiger partial charge is 2.00 e. The molecule has 0 saturated heterocycles. The van der Waals surface area contributed by atoms with Gasteiger partial charge in [0, 0.05) is 0 Å². The summed E-state index contributed by atoms with van der Waals surface area (Å²) in [6.45, 7) is 0. The molecule has 14 heavy (non-hydrogen) atoms. The summed E-state index contributed by atoms with van der Waals surface area (Å²) in [4.78, 5) is 24.8. The molecule has 14 heteroatoms. The first-order chi connectivity index (χ1) is 5.20. The Morgan fingerprint density at radius 1 is 0.571 bits per heavy atom. The molecule has 0 rings (SSSR count). The van der Waals surface area contributed by atoms with Gasteiger partial charge in [-0.15, -0.1) is 0 Å². The van der Waals surface area contributed by atoms with Crippen LogP contribution in [0.2, 0.25) is 0 Å². The summed E-state index contributed by atoms with van der Waals surface area (Å²) in [5, 5.41) is 44.2. The topological polar surface area (TPSA) is 199 Å². The third-order valence-electron chi connectivity index (χ3n) is 0. The summed E-state index contributed by atoms with van der Waals surface area (Å²) in [6, 6.07) is 0. The van der Waals surface area contributed by atoms with Gasteiger partial charge in [0.2, 0.25) is 0 Å². The molecular formula is N3NaNiO9. The second-order valence-electron chi connectivity index (χ2n) is 0.671. The van der Waals surface area contributed by atoms with Crippen LogP contribution in [0.15, 0.2) is 0 Å². The monoisotopic (exact) mass is 267 g/mol. The van der Waals surface area contributed by atoms with Crippen molar-refractivity contribution in [2.45, 2.75) is 0 Å².